The number of carbonyl (C=O) groups is 2. The first-order chi connectivity index (χ1) is 13.5. The molecule has 148 valence electrons. The second-order valence-corrected chi connectivity index (χ2v) is 7.42. The summed E-state index contributed by atoms with van der Waals surface area (Å²) in [6.45, 7) is 7.20. The molecule has 5 heteroatoms. The molecular weight excluding hydrogens is 352 g/mol. The lowest BCUT2D eigenvalue weighted by atomic mass is 10.0. The van der Waals surface area contributed by atoms with Crippen molar-refractivity contribution in [3.8, 4) is 5.75 Å². The normalized spacial score (nSPS) is 14.8. The van der Waals surface area contributed by atoms with Crippen molar-refractivity contribution in [1.82, 2.24) is 9.80 Å². The topological polar surface area (TPSA) is 49.9 Å². The number of ether oxygens (including phenoxy) is 1. The van der Waals surface area contributed by atoms with Gasteiger partial charge in [0.2, 0.25) is 5.91 Å². The standard InChI is InChI=1S/C23H28N2O3/c1-17-4-9-21(18(2)14-17)22(26)16-24-10-12-25(13-11-24)23(27)15-19-5-7-20(28-3)8-6-19/h4-9,14H,10-13,15-16H2,1-3H3. The maximum Gasteiger partial charge on any atom is 0.227 e. The van der Waals surface area contributed by atoms with Gasteiger partial charge in [-0.1, -0.05) is 35.9 Å². The molecule has 2 aromatic rings. The van der Waals surface area contributed by atoms with Crippen molar-refractivity contribution in [2.75, 3.05) is 39.8 Å². The van der Waals surface area contributed by atoms with Gasteiger partial charge < -0.3 is 9.64 Å². The van der Waals surface area contributed by atoms with E-state index >= 15 is 0 Å². The van der Waals surface area contributed by atoms with Gasteiger partial charge in [0.05, 0.1) is 20.1 Å². The van der Waals surface area contributed by atoms with E-state index in [-0.39, 0.29) is 11.7 Å². The molecule has 5 nitrogen and oxygen atoms in total. The van der Waals surface area contributed by atoms with E-state index in [0.717, 1.165) is 41.1 Å². The number of carbonyl (C=O) groups excluding carboxylic acids is 2. The van der Waals surface area contributed by atoms with Gasteiger partial charge in [0.25, 0.3) is 0 Å². The fourth-order valence-electron chi connectivity index (χ4n) is 3.60. The minimum absolute atomic E-state index is 0.130. The molecule has 28 heavy (non-hydrogen) atoms. The number of piperazine rings is 1. The van der Waals surface area contributed by atoms with Crippen LogP contribution in [0.3, 0.4) is 0 Å². The third-order valence-corrected chi connectivity index (χ3v) is 5.29. The van der Waals surface area contributed by atoms with Crippen LogP contribution in [0, 0.1) is 13.8 Å². The molecule has 1 aliphatic rings. The molecule has 2 aromatic carbocycles. The summed E-state index contributed by atoms with van der Waals surface area (Å²) < 4.78 is 5.15. The number of ketones is 1. The summed E-state index contributed by atoms with van der Waals surface area (Å²) in [4.78, 5) is 29.2. The molecule has 0 unspecified atom stereocenters. The van der Waals surface area contributed by atoms with E-state index in [4.69, 9.17) is 4.74 Å². The lowest BCUT2D eigenvalue weighted by molar-refractivity contribution is -0.132. The number of hydrogen-bond acceptors (Lipinski definition) is 4. The van der Waals surface area contributed by atoms with Crippen molar-refractivity contribution in [2.24, 2.45) is 0 Å². The second-order valence-electron chi connectivity index (χ2n) is 7.42. The van der Waals surface area contributed by atoms with E-state index in [0.29, 0.717) is 26.1 Å². The van der Waals surface area contributed by atoms with E-state index in [1.54, 1.807) is 7.11 Å². The number of nitrogens with zero attached hydrogens (tertiary/aromatic N) is 2. The minimum Gasteiger partial charge on any atom is -0.497 e. The number of amides is 1. The largest absolute Gasteiger partial charge is 0.497 e. The predicted molar refractivity (Wildman–Crippen MR) is 110 cm³/mol. The van der Waals surface area contributed by atoms with Gasteiger partial charge in [-0.2, -0.15) is 0 Å². The minimum atomic E-state index is 0.130. The third-order valence-electron chi connectivity index (χ3n) is 5.29. The second kappa shape index (κ2) is 9.02. The Bertz CT molecular complexity index is 837. The highest BCUT2D eigenvalue weighted by Crippen LogP contribution is 2.15. The van der Waals surface area contributed by atoms with Crippen LogP contribution in [-0.4, -0.2) is 61.3 Å². The smallest absolute Gasteiger partial charge is 0.227 e. The number of benzene rings is 2. The van der Waals surface area contributed by atoms with E-state index in [9.17, 15) is 9.59 Å². The summed E-state index contributed by atoms with van der Waals surface area (Å²) >= 11 is 0. The summed E-state index contributed by atoms with van der Waals surface area (Å²) in [6, 6.07) is 13.5. The number of methoxy groups -OCH3 is 1. The van der Waals surface area contributed by atoms with Gasteiger partial charge in [0.1, 0.15) is 5.75 Å². The highest BCUT2D eigenvalue weighted by molar-refractivity contribution is 5.99. The van der Waals surface area contributed by atoms with Crippen LogP contribution in [0.25, 0.3) is 0 Å². The fraction of sp³-hybridized carbons (Fsp3) is 0.391. The third kappa shape index (κ3) is 4.98. The Balaban J connectivity index is 1.49. The number of Topliss-reactive ketones (excluding diaryl/α,β-unsaturated/α-hetero) is 1. The summed E-state index contributed by atoms with van der Waals surface area (Å²) in [7, 11) is 1.63. The van der Waals surface area contributed by atoms with Crippen molar-refractivity contribution >= 4 is 11.7 Å². The van der Waals surface area contributed by atoms with Crippen LogP contribution < -0.4 is 4.74 Å². The lowest BCUT2D eigenvalue weighted by Crippen LogP contribution is -2.50. The van der Waals surface area contributed by atoms with Gasteiger partial charge in [0, 0.05) is 31.7 Å². The molecular formula is C23H28N2O3. The van der Waals surface area contributed by atoms with Crippen LogP contribution in [0.2, 0.25) is 0 Å². The van der Waals surface area contributed by atoms with Gasteiger partial charge in [-0.15, -0.1) is 0 Å². The highest BCUT2D eigenvalue weighted by atomic mass is 16.5. The molecule has 0 N–H and O–H groups in total. The van der Waals surface area contributed by atoms with E-state index in [2.05, 4.69) is 4.90 Å². The Morgan fingerprint density at radius 2 is 1.64 bits per heavy atom. The zero-order valence-corrected chi connectivity index (χ0v) is 16.9. The van der Waals surface area contributed by atoms with E-state index in [1.807, 2.05) is 61.2 Å². The summed E-state index contributed by atoms with van der Waals surface area (Å²) in [5, 5.41) is 0. The van der Waals surface area contributed by atoms with Crippen molar-refractivity contribution in [2.45, 2.75) is 20.3 Å². The Morgan fingerprint density at radius 3 is 2.25 bits per heavy atom. The average molecular weight is 380 g/mol. The first-order valence-corrected chi connectivity index (χ1v) is 9.70. The quantitative estimate of drug-likeness (QED) is 0.723. The first kappa shape index (κ1) is 20.1. The lowest BCUT2D eigenvalue weighted by Gasteiger charge is -2.34. The van der Waals surface area contributed by atoms with Crippen LogP contribution in [0.5, 0.6) is 5.75 Å². The number of aryl methyl sites for hydroxylation is 2. The number of rotatable bonds is 6. The molecule has 1 amide bonds. The highest BCUT2D eigenvalue weighted by Gasteiger charge is 2.23. The molecule has 0 spiro atoms. The van der Waals surface area contributed by atoms with E-state index < -0.39 is 0 Å². The van der Waals surface area contributed by atoms with Gasteiger partial charge in [-0.3, -0.25) is 14.5 Å². The zero-order chi connectivity index (χ0) is 20.1. The molecule has 0 radical (unpaired) electrons. The fourth-order valence-corrected chi connectivity index (χ4v) is 3.60. The maximum atomic E-state index is 12.6. The molecule has 1 saturated heterocycles. The van der Waals surface area contributed by atoms with Crippen LogP contribution in [0.15, 0.2) is 42.5 Å². The molecule has 0 aromatic heterocycles. The SMILES string of the molecule is COc1ccc(CC(=O)N2CCN(CC(=O)c3ccc(C)cc3C)CC2)cc1. The Kier molecular flexibility index (Phi) is 6.47. The monoisotopic (exact) mass is 380 g/mol. The molecule has 1 aliphatic heterocycles. The molecule has 0 aliphatic carbocycles. The molecule has 0 atom stereocenters. The maximum absolute atomic E-state index is 12.6. The summed E-state index contributed by atoms with van der Waals surface area (Å²) in [6.07, 6.45) is 0.394. The van der Waals surface area contributed by atoms with Gasteiger partial charge in [-0.25, -0.2) is 0 Å². The van der Waals surface area contributed by atoms with Crippen LogP contribution in [-0.2, 0) is 11.2 Å². The van der Waals surface area contributed by atoms with Gasteiger partial charge >= 0.3 is 0 Å². The van der Waals surface area contributed by atoms with Gasteiger partial charge in [-0.05, 0) is 37.1 Å². The van der Waals surface area contributed by atoms with Crippen LogP contribution >= 0.6 is 0 Å². The number of hydrogen-bond donors (Lipinski definition) is 0. The van der Waals surface area contributed by atoms with Crippen LogP contribution in [0.4, 0.5) is 0 Å². The van der Waals surface area contributed by atoms with Crippen molar-refractivity contribution < 1.29 is 14.3 Å². The average Bonchev–Trinajstić information content (AvgIpc) is 2.69. The predicted octanol–water partition coefficient (Wildman–Crippen LogP) is 2.88. The van der Waals surface area contributed by atoms with Crippen molar-refractivity contribution in [3.05, 3.63) is 64.7 Å². The Labute approximate surface area is 166 Å². The Morgan fingerprint density at radius 1 is 0.964 bits per heavy atom. The molecule has 0 saturated carbocycles. The van der Waals surface area contributed by atoms with Crippen molar-refractivity contribution in [1.29, 1.82) is 0 Å². The first-order valence-electron chi connectivity index (χ1n) is 9.70. The molecule has 1 fully saturated rings. The summed E-state index contributed by atoms with van der Waals surface area (Å²) in [5.41, 5.74) is 3.97. The van der Waals surface area contributed by atoms with Gasteiger partial charge in [0.15, 0.2) is 5.78 Å². The molecule has 1 heterocycles. The Hall–Kier alpha value is -2.66. The summed E-state index contributed by atoms with van der Waals surface area (Å²) in [5.74, 6) is 1.07. The molecule has 3 rings (SSSR count). The zero-order valence-electron chi connectivity index (χ0n) is 16.9. The molecule has 0 bridgehead atoms. The van der Waals surface area contributed by atoms with Crippen molar-refractivity contribution in [3.63, 3.8) is 0 Å². The van der Waals surface area contributed by atoms with Crippen LogP contribution in [0.1, 0.15) is 27.0 Å². The van der Waals surface area contributed by atoms with E-state index in [1.165, 1.54) is 0 Å².